The van der Waals surface area contributed by atoms with E-state index in [0.717, 1.165) is 22.6 Å². The Bertz CT molecular complexity index is 1140. The van der Waals surface area contributed by atoms with Crippen LogP contribution in [-0.4, -0.2) is 24.3 Å². The Morgan fingerprint density at radius 1 is 0.969 bits per heavy atom. The van der Waals surface area contributed by atoms with Gasteiger partial charge in [-0.05, 0) is 61.6 Å². The minimum atomic E-state index is -0.385. The van der Waals surface area contributed by atoms with Crippen molar-refractivity contribution in [1.82, 2.24) is 4.57 Å². The molecule has 0 N–H and O–H groups in total. The van der Waals surface area contributed by atoms with Crippen molar-refractivity contribution in [2.75, 3.05) is 13.7 Å². The Morgan fingerprint density at radius 3 is 2.38 bits per heavy atom. The average molecular weight is 474 g/mol. The Labute approximate surface area is 197 Å². The smallest absolute Gasteiger partial charge is 0.337 e. The maximum Gasteiger partial charge on any atom is 0.337 e. The molecule has 7 heteroatoms. The predicted molar refractivity (Wildman–Crippen MR) is 127 cm³/mol. The Balaban J connectivity index is 1.82. The third-order valence-corrected chi connectivity index (χ3v) is 5.81. The van der Waals surface area contributed by atoms with Crippen LogP contribution in [0.25, 0.3) is 0 Å². The summed E-state index contributed by atoms with van der Waals surface area (Å²) in [6, 6.07) is 16.5. The van der Waals surface area contributed by atoms with Crippen molar-refractivity contribution in [1.29, 1.82) is 0 Å². The molecule has 0 saturated heterocycles. The lowest BCUT2D eigenvalue weighted by atomic mass is 10.1. The van der Waals surface area contributed by atoms with Crippen molar-refractivity contribution < 1.29 is 14.3 Å². The average Bonchev–Trinajstić information content (AvgIpc) is 2.80. The summed E-state index contributed by atoms with van der Waals surface area (Å²) < 4.78 is 12.1. The number of benzene rings is 2. The van der Waals surface area contributed by atoms with Crippen molar-refractivity contribution in [3.05, 3.63) is 97.4 Å². The summed E-state index contributed by atoms with van der Waals surface area (Å²) in [6.45, 7) is 2.94. The molecule has 32 heavy (non-hydrogen) atoms. The van der Waals surface area contributed by atoms with E-state index in [2.05, 4.69) is 0 Å². The van der Waals surface area contributed by atoms with Gasteiger partial charge in [-0.15, -0.1) is 0 Å². The fourth-order valence-corrected chi connectivity index (χ4v) is 4.13. The van der Waals surface area contributed by atoms with Crippen molar-refractivity contribution in [2.45, 2.75) is 32.7 Å². The van der Waals surface area contributed by atoms with Gasteiger partial charge >= 0.3 is 5.97 Å². The zero-order valence-corrected chi connectivity index (χ0v) is 19.6. The van der Waals surface area contributed by atoms with Crippen molar-refractivity contribution in [2.24, 2.45) is 0 Å². The third-order valence-electron chi connectivity index (χ3n) is 5.21. The second kappa shape index (κ2) is 11.2. The van der Waals surface area contributed by atoms with Gasteiger partial charge < -0.3 is 14.0 Å². The van der Waals surface area contributed by atoms with Crippen LogP contribution in [0.3, 0.4) is 0 Å². The molecule has 0 bridgehead atoms. The predicted octanol–water partition coefficient (Wildman–Crippen LogP) is 5.37. The normalized spacial score (nSPS) is 10.8. The largest absolute Gasteiger partial charge is 0.494 e. The maximum atomic E-state index is 12.8. The van der Waals surface area contributed by atoms with Crippen LogP contribution in [-0.2, 0) is 30.5 Å². The monoisotopic (exact) mass is 473 g/mol. The molecule has 3 rings (SSSR count). The van der Waals surface area contributed by atoms with Gasteiger partial charge in [0.2, 0.25) is 0 Å². The quantitative estimate of drug-likeness (QED) is 0.392. The summed E-state index contributed by atoms with van der Waals surface area (Å²) in [5, 5.41) is 0.555. The highest BCUT2D eigenvalue weighted by Gasteiger charge is 2.14. The molecule has 168 valence electrons. The van der Waals surface area contributed by atoms with E-state index in [-0.39, 0.29) is 16.6 Å². The summed E-state index contributed by atoms with van der Waals surface area (Å²) in [6.07, 6.45) is 1.82. The van der Waals surface area contributed by atoms with Gasteiger partial charge in [0, 0.05) is 12.2 Å². The van der Waals surface area contributed by atoms with Crippen LogP contribution in [0.4, 0.5) is 0 Å². The first-order valence-electron chi connectivity index (χ1n) is 10.4. The van der Waals surface area contributed by atoms with E-state index in [1.807, 2.05) is 43.3 Å². The molecular weight excluding hydrogens is 449 g/mol. The van der Waals surface area contributed by atoms with Gasteiger partial charge in [-0.2, -0.15) is 0 Å². The molecule has 0 aliphatic heterocycles. The lowest BCUT2D eigenvalue weighted by molar-refractivity contribution is 0.0600. The number of rotatable bonds is 9. The summed E-state index contributed by atoms with van der Waals surface area (Å²) in [4.78, 5) is 24.4. The Morgan fingerprint density at radius 2 is 1.69 bits per heavy atom. The van der Waals surface area contributed by atoms with E-state index in [0.29, 0.717) is 43.0 Å². The number of methoxy groups -OCH3 is 1. The highest BCUT2D eigenvalue weighted by atomic mass is 35.5. The fourth-order valence-electron chi connectivity index (χ4n) is 3.55. The molecule has 0 amide bonds. The van der Waals surface area contributed by atoms with Crippen LogP contribution in [0.5, 0.6) is 5.75 Å². The number of para-hydroxylation sites is 1. The van der Waals surface area contributed by atoms with E-state index in [1.54, 1.807) is 16.7 Å². The molecule has 1 aromatic heterocycles. The van der Waals surface area contributed by atoms with Crippen LogP contribution in [0, 0.1) is 0 Å². The van der Waals surface area contributed by atoms with E-state index < -0.39 is 0 Å². The summed E-state index contributed by atoms with van der Waals surface area (Å²) in [7, 11) is 1.35. The number of aryl methyl sites for hydroxylation is 2. The third kappa shape index (κ3) is 5.72. The molecule has 5 nitrogen and oxygen atoms in total. The van der Waals surface area contributed by atoms with Crippen LogP contribution in [0.2, 0.25) is 10.0 Å². The first-order chi connectivity index (χ1) is 15.4. The van der Waals surface area contributed by atoms with Crippen LogP contribution in [0.15, 0.2) is 59.4 Å². The molecule has 0 radical (unpaired) electrons. The highest BCUT2D eigenvalue weighted by Crippen LogP contribution is 2.24. The minimum absolute atomic E-state index is 0.0921. The van der Waals surface area contributed by atoms with Crippen LogP contribution in [0.1, 0.15) is 34.1 Å². The van der Waals surface area contributed by atoms with Gasteiger partial charge in [-0.1, -0.05) is 53.5 Å². The van der Waals surface area contributed by atoms with Gasteiger partial charge in [-0.3, -0.25) is 4.79 Å². The number of carbonyl (C=O) groups excluding carboxylic acids is 1. The molecular formula is C25H25Cl2NO4. The molecule has 2 aromatic carbocycles. The molecule has 0 atom stereocenters. The van der Waals surface area contributed by atoms with E-state index >= 15 is 0 Å². The van der Waals surface area contributed by atoms with Gasteiger partial charge in [0.1, 0.15) is 10.8 Å². The van der Waals surface area contributed by atoms with Gasteiger partial charge in [0.15, 0.2) is 0 Å². The van der Waals surface area contributed by atoms with E-state index in [4.69, 9.17) is 32.7 Å². The van der Waals surface area contributed by atoms with Gasteiger partial charge in [0.05, 0.1) is 24.3 Å². The lowest BCUT2D eigenvalue weighted by Crippen LogP contribution is -2.26. The van der Waals surface area contributed by atoms with Crippen molar-refractivity contribution in [3.8, 4) is 5.75 Å². The number of nitrogens with zero attached hydrogens (tertiary/aromatic N) is 1. The lowest BCUT2D eigenvalue weighted by Gasteiger charge is -2.16. The molecule has 1 heterocycles. The number of carbonyl (C=O) groups is 1. The number of hydrogen-bond acceptors (Lipinski definition) is 4. The minimum Gasteiger partial charge on any atom is -0.494 e. The zero-order valence-electron chi connectivity index (χ0n) is 18.1. The number of esters is 1. The first-order valence-corrected chi connectivity index (χ1v) is 11.2. The molecule has 3 aromatic rings. The topological polar surface area (TPSA) is 57.5 Å². The van der Waals surface area contributed by atoms with Gasteiger partial charge in [0.25, 0.3) is 5.56 Å². The maximum absolute atomic E-state index is 12.8. The molecule has 0 spiro atoms. The van der Waals surface area contributed by atoms with Crippen LogP contribution >= 0.6 is 23.2 Å². The summed E-state index contributed by atoms with van der Waals surface area (Å²) in [5.74, 6) is 0.448. The molecule has 0 fully saturated rings. The molecule has 0 unspecified atom stereocenters. The molecule has 0 saturated carbocycles. The fraction of sp³-hybridized carbons (Fsp3) is 0.280. The van der Waals surface area contributed by atoms with Crippen LogP contribution < -0.4 is 10.3 Å². The SMILES string of the molecule is CCOc1ccccc1CCc1c(Cl)cc(Cl)c(=O)n1CCc1ccc(C(=O)OC)cc1. The zero-order chi connectivity index (χ0) is 23.1. The van der Waals surface area contributed by atoms with Crippen molar-refractivity contribution in [3.63, 3.8) is 0 Å². The molecule has 0 aliphatic carbocycles. The number of hydrogen-bond donors (Lipinski definition) is 0. The summed E-state index contributed by atoms with van der Waals surface area (Å²) >= 11 is 12.6. The Hall–Kier alpha value is -2.76. The second-order valence-electron chi connectivity index (χ2n) is 7.22. The highest BCUT2D eigenvalue weighted by molar-refractivity contribution is 6.34. The summed E-state index contributed by atoms with van der Waals surface area (Å²) in [5.41, 5.74) is 2.98. The number of ether oxygens (including phenoxy) is 2. The molecule has 0 aliphatic rings. The van der Waals surface area contributed by atoms with Gasteiger partial charge in [-0.25, -0.2) is 4.79 Å². The Kier molecular flexibility index (Phi) is 8.37. The second-order valence-corrected chi connectivity index (χ2v) is 8.04. The number of pyridine rings is 1. The van der Waals surface area contributed by atoms with E-state index in [9.17, 15) is 9.59 Å². The van der Waals surface area contributed by atoms with E-state index in [1.165, 1.54) is 13.2 Å². The number of aromatic nitrogens is 1. The standard InChI is InChI=1S/C25H25Cl2NO4/c1-3-32-23-7-5-4-6-18(23)12-13-22-20(26)16-21(27)24(29)28(22)15-14-17-8-10-19(11-9-17)25(30)31-2/h4-11,16H,3,12-15H2,1-2H3. The van der Waals surface area contributed by atoms with Crippen molar-refractivity contribution >= 4 is 29.2 Å². The number of halogens is 2. The first kappa shape index (κ1) is 23.9.